The minimum atomic E-state index is -3.39. The van der Waals surface area contributed by atoms with Gasteiger partial charge >= 0.3 is 0 Å². The van der Waals surface area contributed by atoms with Crippen LogP contribution in [0.5, 0.6) is 0 Å². The van der Waals surface area contributed by atoms with Crippen molar-refractivity contribution in [3.8, 4) is 0 Å². The molecule has 0 bridgehead atoms. The summed E-state index contributed by atoms with van der Waals surface area (Å²) in [5, 5.41) is 0. The van der Waals surface area contributed by atoms with Crippen molar-refractivity contribution in [2.24, 2.45) is 5.92 Å². The summed E-state index contributed by atoms with van der Waals surface area (Å²) in [4.78, 5) is 2.72. The predicted octanol–water partition coefficient (Wildman–Crippen LogP) is 2.46. The Kier molecular flexibility index (Phi) is 5.60. The molecule has 1 aliphatic heterocycles. The number of nitrogens with one attached hydrogen (secondary N) is 1. The zero-order valence-electron chi connectivity index (χ0n) is 11.7. The van der Waals surface area contributed by atoms with Crippen molar-refractivity contribution in [3.05, 3.63) is 28.7 Å². The lowest BCUT2D eigenvalue weighted by Crippen LogP contribution is -2.38. The van der Waals surface area contributed by atoms with Gasteiger partial charge < -0.3 is 4.90 Å². The lowest BCUT2D eigenvalue weighted by Gasteiger charge is -2.30. The fraction of sp³-hybridized carbons (Fsp3) is 0.571. The Morgan fingerprint density at radius 2 is 2.05 bits per heavy atom. The molecule has 6 heteroatoms. The molecule has 0 aromatic heterocycles. The Morgan fingerprint density at radius 1 is 1.35 bits per heavy atom. The van der Waals surface area contributed by atoms with Crippen molar-refractivity contribution in [3.63, 3.8) is 0 Å². The van der Waals surface area contributed by atoms with Crippen molar-refractivity contribution in [2.75, 3.05) is 26.2 Å². The Balaban J connectivity index is 1.90. The molecule has 0 amide bonds. The van der Waals surface area contributed by atoms with Crippen molar-refractivity contribution in [2.45, 2.75) is 24.7 Å². The number of hydrogen-bond donors (Lipinski definition) is 1. The molecule has 20 heavy (non-hydrogen) atoms. The third-order valence-electron chi connectivity index (χ3n) is 3.82. The molecule has 0 saturated carbocycles. The summed E-state index contributed by atoms with van der Waals surface area (Å²) in [7, 11) is -3.39. The van der Waals surface area contributed by atoms with Crippen molar-refractivity contribution >= 4 is 26.0 Å². The van der Waals surface area contributed by atoms with Gasteiger partial charge in [-0.2, -0.15) is 0 Å². The number of hydrogen-bond acceptors (Lipinski definition) is 3. The molecule has 1 saturated heterocycles. The number of benzene rings is 1. The van der Waals surface area contributed by atoms with Gasteiger partial charge in [0.2, 0.25) is 10.0 Å². The van der Waals surface area contributed by atoms with E-state index in [9.17, 15) is 8.42 Å². The van der Waals surface area contributed by atoms with Crippen LogP contribution in [0.2, 0.25) is 0 Å². The maximum atomic E-state index is 12.2. The summed E-state index contributed by atoms with van der Waals surface area (Å²) >= 11 is 3.30. The second kappa shape index (κ2) is 7.02. The van der Waals surface area contributed by atoms with E-state index in [-0.39, 0.29) is 0 Å². The lowest BCUT2D eigenvalue weighted by atomic mass is 9.97. The topological polar surface area (TPSA) is 49.4 Å². The maximum absolute atomic E-state index is 12.2. The monoisotopic (exact) mass is 360 g/mol. The van der Waals surface area contributed by atoms with Crippen LogP contribution in [0.15, 0.2) is 33.6 Å². The smallest absolute Gasteiger partial charge is 0.240 e. The Bertz CT molecular complexity index is 540. The van der Waals surface area contributed by atoms with E-state index in [0.717, 1.165) is 36.9 Å². The molecule has 0 unspecified atom stereocenters. The molecule has 1 aliphatic rings. The highest BCUT2D eigenvalue weighted by Gasteiger charge is 2.21. The zero-order valence-corrected chi connectivity index (χ0v) is 14.1. The number of nitrogens with zero attached hydrogens (tertiary/aromatic N) is 1. The van der Waals surface area contributed by atoms with Gasteiger partial charge in [-0.1, -0.05) is 28.9 Å². The third kappa shape index (κ3) is 4.28. The summed E-state index contributed by atoms with van der Waals surface area (Å²) in [5.74, 6) is 0.444. The minimum absolute atomic E-state index is 0.317. The van der Waals surface area contributed by atoms with E-state index in [2.05, 4.69) is 32.5 Å². The minimum Gasteiger partial charge on any atom is -0.304 e. The van der Waals surface area contributed by atoms with E-state index in [1.165, 1.54) is 0 Å². The number of sulfonamides is 1. The second-order valence-electron chi connectivity index (χ2n) is 5.19. The van der Waals surface area contributed by atoms with E-state index >= 15 is 0 Å². The largest absolute Gasteiger partial charge is 0.304 e. The van der Waals surface area contributed by atoms with E-state index in [0.29, 0.717) is 17.4 Å². The average molecular weight is 361 g/mol. The molecule has 2 rings (SSSR count). The van der Waals surface area contributed by atoms with Gasteiger partial charge in [-0.3, -0.25) is 0 Å². The normalized spacial score (nSPS) is 18.3. The molecule has 1 aromatic carbocycles. The molecule has 112 valence electrons. The van der Waals surface area contributed by atoms with Gasteiger partial charge in [0.15, 0.2) is 0 Å². The van der Waals surface area contributed by atoms with Gasteiger partial charge in [0.25, 0.3) is 0 Å². The Labute approximate surface area is 129 Å². The van der Waals surface area contributed by atoms with Gasteiger partial charge in [-0.05, 0) is 56.6 Å². The van der Waals surface area contributed by atoms with Gasteiger partial charge in [0, 0.05) is 11.0 Å². The van der Waals surface area contributed by atoms with Crippen LogP contribution in [0, 0.1) is 5.92 Å². The van der Waals surface area contributed by atoms with Crippen molar-refractivity contribution < 1.29 is 8.42 Å². The summed E-state index contributed by atoms with van der Waals surface area (Å²) in [6.07, 6.45) is 2.13. The fourth-order valence-electron chi connectivity index (χ4n) is 2.45. The molecule has 1 aromatic rings. The predicted molar refractivity (Wildman–Crippen MR) is 84.2 cm³/mol. The van der Waals surface area contributed by atoms with Gasteiger partial charge in [0.05, 0.1) is 4.90 Å². The van der Waals surface area contributed by atoms with Crippen LogP contribution in [0.1, 0.15) is 19.8 Å². The highest BCUT2D eigenvalue weighted by Crippen LogP contribution is 2.19. The zero-order chi connectivity index (χ0) is 14.6. The van der Waals surface area contributed by atoms with E-state index < -0.39 is 10.0 Å². The summed E-state index contributed by atoms with van der Waals surface area (Å²) in [5.41, 5.74) is 0. The summed E-state index contributed by atoms with van der Waals surface area (Å²) in [6.45, 7) is 5.92. The highest BCUT2D eigenvalue weighted by molar-refractivity contribution is 9.10. The first kappa shape index (κ1) is 15.9. The Hall–Kier alpha value is -0.430. The molecule has 1 fully saturated rings. The van der Waals surface area contributed by atoms with Crippen molar-refractivity contribution in [1.82, 2.24) is 9.62 Å². The molecule has 4 nitrogen and oxygen atoms in total. The number of rotatable bonds is 5. The van der Waals surface area contributed by atoms with Crippen molar-refractivity contribution in [1.29, 1.82) is 0 Å². The van der Waals surface area contributed by atoms with E-state index in [1.54, 1.807) is 18.2 Å². The molecule has 0 atom stereocenters. The third-order valence-corrected chi connectivity index (χ3v) is 5.74. The first-order chi connectivity index (χ1) is 9.51. The van der Waals surface area contributed by atoms with Crippen LogP contribution in [0.4, 0.5) is 0 Å². The molecule has 0 spiro atoms. The van der Waals surface area contributed by atoms with Crippen LogP contribution in [0.25, 0.3) is 0 Å². The second-order valence-corrected chi connectivity index (χ2v) is 7.87. The summed E-state index contributed by atoms with van der Waals surface area (Å²) in [6, 6.07) is 6.80. The number of halogens is 1. The molecule has 1 N–H and O–H groups in total. The van der Waals surface area contributed by atoms with E-state index in [4.69, 9.17) is 0 Å². The van der Waals surface area contributed by atoms with Crippen LogP contribution in [-0.4, -0.2) is 39.5 Å². The Morgan fingerprint density at radius 3 is 2.65 bits per heavy atom. The van der Waals surface area contributed by atoms with Crippen LogP contribution in [-0.2, 0) is 10.0 Å². The lowest BCUT2D eigenvalue weighted by molar-refractivity contribution is 0.194. The maximum Gasteiger partial charge on any atom is 0.240 e. The first-order valence-corrected chi connectivity index (χ1v) is 9.26. The molecule has 0 radical (unpaired) electrons. The standard InChI is InChI=1S/C14H21BrN2O2S/c1-2-17-8-6-12(7-9-17)11-16-20(18,19)14-5-3-4-13(15)10-14/h3-5,10,12,16H,2,6-9,11H2,1H3. The van der Waals surface area contributed by atoms with Gasteiger partial charge in [-0.25, -0.2) is 13.1 Å². The van der Waals surface area contributed by atoms with E-state index in [1.807, 2.05) is 6.07 Å². The highest BCUT2D eigenvalue weighted by atomic mass is 79.9. The molecule has 0 aliphatic carbocycles. The molecular formula is C14H21BrN2O2S. The first-order valence-electron chi connectivity index (χ1n) is 6.99. The van der Waals surface area contributed by atoms with Crippen LogP contribution < -0.4 is 4.72 Å². The average Bonchev–Trinajstić information content (AvgIpc) is 2.46. The van der Waals surface area contributed by atoms with Crippen LogP contribution in [0.3, 0.4) is 0 Å². The number of piperidine rings is 1. The van der Waals surface area contributed by atoms with Gasteiger partial charge in [-0.15, -0.1) is 0 Å². The van der Waals surface area contributed by atoms with Crippen LogP contribution >= 0.6 is 15.9 Å². The molecule has 1 heterocycles. The van der Waals surface area contributed by atoms with Gasteiger partial charge in [0.1, 0.15) is 0 Å². The SMILES string of the molecule is CCN1CCC(CNS(=O)(=O)c2cccc(Br)c2)CC1. The number of likely N-dealkylation sites (tertiary alicyclic amines) is 1. The molecular weight excluding hydrogens is 340 g/mol. The fourth-order valence-corrected chi connectivity index (χ4v) is 4.16. The summed E-state index contributed by atoms with van der Waals surface area (Å²) < 4.78 is 27.9. The quantitative estimate of drug-likeness (QED) is 0.877.